The normalized spacial score (nSPS) is 16.2. The summed E-state index contributed by atoms with van der Waals surface area (Å²) in [6.07, 6.45) is -2.27. The van der Waals surface area contributed by atoms with Gasteiger partial charge >= 0.3 is 6.18 Å². The Morgan fingerprint density at radius 1 is 1.23 bits per heavy atom. The Kier molecular flexibility index (Phi) is 7.10. The summed E-state index contributed by atoms with van der Waals surface area (Å²) in [7, 11) is 0. The lowest BCUT2D eigenvalue weighted by atomic mass is 9.92. The van der Waals surface area contributed by atoms with Crippen molar-refractivity contribution in [2.75, 3.05) is 13.1 Å². The lowest BCUT2D eigenvalue weighted by Crippen LogP contribution is -2.40. The highest BCUT2D eigenvalue weighted by atomic mass is 35.5. The molecule has 1 aliphatic heterocycles. The van der Waals surface area contributed by atoms with E-state index < -0.39 is 17.8 Å². The summed E-state index contributed by atoms with van der Waals surface area (Å²) in [4.78, 5) is 19.5. The van der Waals surface area contributed by atoms with E-state index in [-0.39, 0.29) is 23.3 Å². The fourth-order valence-corrected chi connectivity index (χ4v) is 5.23. The van der Waals surface area contributed by atoms with Crippen LogP contribution in [0.3, 0.4) is 0 Å². The van der Waals surface area contributed by atoms with E-state index in [0.717, 1.165) is 12.3 Å². The number of hydrogen-bond acceptors (Lipinski definition) is 3. The van der Waals surface area contributed by atoms with Crippen LogP contribution in [0.15, 0.2) is 24.4 Å². The molecule has 2 aromatic heterocycles. The Morgan fingerprint density at radius 2 is 1.89 bits per heavy atom. The molecule has 0 aliphatic carbocycles. The van der Waals surface area contributed by atoms with Crippen LogP contribution in [0.4, 0.5) is 13.2 Å². The van der Waals surface area contributed by atoms with E-state index in [1.54, 1.807) is 37.8 Å². The first-order chi connectivity index (χ1) is 16.4. The van der Waals surface area contributed by atoms with E-state index in [9.17, 15) is 23.1 Å². The number of benzene rings is 1. The van der Waals surface area contributed by atoms with Gasteiger partial charge in [-0.3, -0.25) is 4.79 Å². The van der Waals surface area contributed by atoms with Crippen molar-refractivity contribution in [3.05, 3.63) is 68.1 Å². The Morgan fingerprint density at radius 3 is 2.49 bits per heavy atom. The number of piperidine rings is 1. The number of imidazole rings is 1. The third kappa shape index (κ3) is 5.01. The number of hydrogen-bond donors (Lipinski definition) is 1. The van der Waals surface area contributed by atoms with Gasteiger partial charge in [0, 0.05) is 36.4 Å². The van der Waals surface area contributed by atoms with Crippen LogP contribution in [-0.4, -0.2) is 44.5 Å². The predicted octanol–water partition coefficient (Wildman–Crippen LogP) is 6.10. The predicted molar refractivity (Wildman–Crippen MR) is 129 cm³/mol. The molecule has 3 heterocycles. The van der Waals surface area contributed by atoms with E-state index in [1.165, 1.54) is 4.40 Å². The molecule has 1 atom stereocenters. The number of rotatable bonds is 4. The zero-order valence-corrected chi connectivity index (χ0v) is 21.1. The van der Waals surface area contributed by atoms with Crippen LogP contribution in [0.1, 0.15) is 58.2 Å². The summed E-state index contributed by atoms with van der Waals surface area (Å²) in [6.45, 7) is 6.08. The van der Waals surface area contributed by atoms with Gasteiger partial charge in [0.15, 0.2) is 0 Å². The molecule has 5 nitrogen and oxygen atoms in total. The van der Waals surface area contributed by atoms with Crippen molar-refractivity contribution in [1.29, 1.82) is 0 Å². The largest absolute Gasteiger partial charge is 0.417 e. The highest BCUT2D eigenvalue weighted by Gasteiger charge is 2.32. The molecule has 1 amide bonds. The van der Waals surface area contributed by atoms with E-state index in [1.807, 2.05) is 0 Å². The fraction of sp³-hybridized carbons (Fsp3) is 0.440. The summed E-state index contributed by atoms with van der Waals surface area (Å²) >= 11 is 13.1. The number of alkyl halides is 3. The fourth-order valence-electron chi connectivity index (χ4n) is 4.64. The van der Waals surface area contributed by atoms with Gasteiger partial charge in [0.2, 0.25) is 0 Å². The molecule has 1 aromatic carbocycles. The van der Waals surface area contributed by atoms with E-state index in [0.29, 0.717) is 64.7 Å². The number of nitrogens with zero attached hydrogens (tertiary/aromatic N) is 3. The number of carbonyl (C=O) groups excluding carboxylic acids is 1. The summed E-state index contributed by atoms with van der Waals surface area (Å²) < 4.78 is 41.3. The maximum absolute atomic E-state index is 13.3. The Labute approximate surface area is 211 Å². The van der Waals surface area contributed by atoms with Crippen LogP contribution in [-0.2, 0) is 12.6 Å². The van der Waals surface area contributed by atoms with Gasteiger partial charge in [0.1, 0.15) is 5.65 Å². The average molecular weight is 528 g/mol. The van der Waals surface area contributed by atoms with Gasteiger partial charge < -0.3 is 14.4 Å². The van der Waals surface area contributed by atoms with Crippen LogP contribution < -0.4 is 0 Å². The molecule has 1 N–H and O–H groups in total. The second-order valence-corrected chi connectivity index (χ2v) is 9.97. The van der Waals surface area contributed by atoms with Gasteiger partial charge in [0.25, 0.3) is 5.91 Å². The number of aliphatic hydroxyl groups excluding tert-OH is 1. The van der Waals surface area contributed by atoms with Crippen LogP contribution in [0, 0.1) is 19.8 Å². The molecule has 1 saturated heterocycles. The molecule has 0 saturated carbocycles. The van der Waals surface area contributed by atoms with Gasteiger partial charge in [-0.1, -0.05) is 23.2 Å². The van der Waals surface area contributed by atoms with Crippen molar-refractivity contribution in [2.45, 2.75) is 52.3 Å². The number of pyridine rings is 1. The Balaban J connectivity index is 1.65. The molecule has 3 aromatic rings. The number of halogens is 5. The Bertz CT molecular complexity index is 1280. The minimum absolute atomic E-state index is 0.162. The lowest BCUT2D eigenvalue weighted by Gasteiger charge is -2.33. The van der Waals surface area contributed by atoms with Gasteiger partial charge in [-0.15, -0.1) is 0 Å². The van der Waals surface area contributed by atoms with Crippen molar-refractivity contribution in [3.63, 3.8) is 0 Å². The monoisotopic (exact) mass is 527 g/mol. The second-order valence-electron chi connectivity index (χ2n) is 9.18. The highest BCUT2D eigenvalue weighted by Crippen LogP contribution is 2.34. The molecule has 35 heavy (non-hydrogen) atoms. The maximum Gasteiger partial charge on any atom is 0.417 e. The number of likely N-dealkylation sites (tertiary alicyclic amines) is 1. The standard InChI is InChI=1S/C25H26Cl2F3N3O2/c1-13-10-17(25(28,29)30)12-33-14(2)21(31-23(13)33)11-19-20(26)5-4-18(22(19)27)24(35)32-8-6-16(7-9-32)15(3)34/h4-5,10,12,15-16,34H,6-9,11H2,1-3H3. The van der Waals surface area contributed by atoms with Crippen LogP contribution in [0.2, 0.25) is 10.0 Å². The second kappa shape index (κ2) is 9.64. The summed E-state index contributed by atoms with van der Waals surface area (Å²) in [5, 5.41) is 10.4. The first-order valence-electron chi connectivity index (χ1n) is 11.4. The first kappa shape index (κ1) is 25.8. The molecule has 1 aliphatic rings. The van der Waals surface area contributed by atoms with Crippen molar-refractivity contribution >= 4 is 34.8 Å². The molecule has 10 heteroatoms. The molecule has 4 rings (SSSR count). The smallest absolute Gasteiger partial charge is 0.393 e. The zero-order valence-electron chi connectivity index (χ0n) is 19.6. The van der Waals surface area contributed by atoms with Crippen LogP contribution >= 0.6 is 23.2 Å². The highest BCUT2D eigenvalue weighted by molar-refractivity contribution is 6.38. The SMILES string of the molecule is Cc1cc(C(F)(F)F)cn2c(C)c(Cc3c(Cl)ccc(C(=O)N4CCC(C(C)O)CC4)c3Cl)nc12. The van der Waals surface area contributed by atoms with Crippen molar-refractivity contribution in [1.82, 2.24) is 14.3 Å². The average Bonchev–Trinajstić information content (AvgIpc) is 3.11. The zero-order chi connectivity index (χ0) is 25.7. The minimum atomic E-state index is -4.47. The van der Waals surface area contributed by atoms with Gasteiger partial charge in [-0.2, -0.15) is 13.2 Å². The van der Waals surface area contributed by atoms with E-state index >= 15 is 0 Å². The molecule has 0 bridgehead atoms. The van der Waals surface area contributed by atoms with Gasteiger partial charge in [0.05, 0.1) is 27.9 Å². The molecule has 188 valence electrons. The van der Waals surface area contributed by atoms with Crippen LogP contribution in [0.5, 0.6) is 0 Å². The van der Waals surface area contributed by atoms with Gasteiger partial charge in [-0.25, -0.2) is 4.98 Å². The minimum Gasteiger partial charge on any atom is -0.393 e. The van der Waals surface area contributed by atoms with Crippen LogP contribution in [0.25, 0.3) is 5.65 Å². The number of fused-ring (bicyclic) bond motifs is 1. The number of carbonyl (C=O) groups is 1. The Hall–Kier alpha value is -2.29. The third-order valence-corrected chi connectivity index (χ3v) is 7.62. The first-order valence-corrected chi connectivity index (χ1v) is 12.1. The molecule has 0 radical (unpaired) electrons. The number of aromatic nitrogens is 2. The number of amides is 1. The molecule has 0 spiro atoms. The van der Waals surface area contributed by atoms with E-state index in [4.69, 9.17) is 23.2 Å². The van der Waals surface area contributed by atoms with Crippen molar-refractivity contribution in [3.8, 4) is 0 Å². The molecule has 1 unspecified atom stereocenters. The molecular weight excluding hydrogens is 502 g/mol. The quantitative estimate of drug-likeness (QED) is 0.445. The molecule has 1 fully saturated rings. The third-order valence-electron chi connectivity index (χ3n) is 6.84. The topological polar surface area (TPSA) is 57.8 Å². The summed E-state index contributed by atoms with van der Waals surface area (Å²) in [6, 6.07) is 4.27. The molecular formula is C25H26Cl2F3N3O2. The van der Waals surface area contributed by atoms with Crippen molar-refractivity contribution in [2.24, 2.45) is 5.92 Å². The van der Waals surface area contributed by atoms with E-state index in [2.05, 4.69) is 4.98 Å². The number of aryl methyl sites for hydroxylation is 2. The lowest BCUT2D eigenvalue weighted by molar-refractivity contribution is -0.137. The number of aliphatic hydroxyl groups is 1. The summed E-state index contributed by atoms with van der Waals surface area (Å²) in [5.41, 5.74) is 1.95. The maximum atomic E-state index is 13.3. The van der Waals surface area contributed by atoms with Gasteiger partial charge in [-0.05, 0) is 68.9 Å². The van der Waals surface area contributed by atoms with Crippen molar-refractivity contribution < 1.29 is 23.1 Å². The summed E-state index contributed by atoms with van der Waals surface area (Å²) in [5.74, 6) is -0.0519.